The third kappa shape index (κ3) is 4.67. The van der Waals surface area contributed by atoms with Crippen molar-refractivity contribution in [3.8, 4) is 0 Å². The molecule has 1 fully saturated rings. The van der Waals surface area contributed by atoms with Crippen molar-refractivity contribution < 1.29 is 15.1 Å². The highest BCUT2D eigenvalue weighted by Crippen LogP contribution is 2.26. The molecule has 1 amide bonds. The van der Waals surface area contributed by atoms with E-state index in [1.165, 1.54) is 17.3 Å². The fraction of sp³-hybridized carbons (Fsp3) is 0.429. The summed E-state index contributed by atoms with van der Waals surface area (Å²) in [6.07, 6.45) is 4.28. The number of carbonyl (C=O) groups excluding carboxylic acids is 1. The van der Waals surface area contributed by atoms with E-state index in [1.54, 1.807) is 11.6 Å². The number of likely N-dealkylation sites (tertiary alicyclic amines) is 1. The number of hydrogen-bond donors (Lipinski definition) is 3. The number of benzene rings is 1. The second-order valence-corrected chi connectivity index (χ2v) is 7.50. The fourth-order valence-electron chi connectivity index (χ4n) is 3.89. The van der Waals surface area contributed by atoms with Crippen LogP contribution < -0.4 is 5.48 Å². The van der Waals surface area contributed by atoms with Gasteiger partial charge in [0.2, 0.25) is 0 Å². The second-order valence-electron chi connectivity index (χ2n) is 7.50. The number of aliphatic hydroxyl groups is 1. The van der Waals surface area contributed by atoms with E-state index in [1.807, 2.05) is 42.9 Å². The number of β-amino-alcohol motifs (C(OH)–C–C–N with tert-alkyl or cyclic N) is 1. The zero-order chi connectivity index (χ0) is 20.3. The van der Waals surface area contributed by atoms with Crippen LogP contribution in [0.25, 0.3) is 6.08 Å². The molecule has 7 nitrogen and oxygen atoms in total. The number of aliphatic hydroxyl groups excluding tert-OH is 1. The van der Waals surface area contributed by atoms with Gasteiger partial charge in [0, 0.05) is 37.9 Å². The van der Waals surface area contributed by atoms with Gasteiger partial charge in [0.15, 0.2) is 0 Å². The molecule has 0 spiro atoms. The van der Waals surface area contributed by atoms with E-state index in [0.717, 1.165) is 36.2 Å². The number of rotatable bonds is 6. The molecule has 2 aromatic rings. The van der Waals surface area contributed by atoms with Gasteiger partial charge in [-0.15, -0.1) is 0 Å². The van der Waals surface area contributed by atoms with Crippen LogP contribution in [0, 0.1) is 13.8 Å². The molecule has 2 heterocycles. The lowest BCUT2D eigenvalue weighted by atomic mass is 10.0. The molecule has 1 aromatic heterocycles. The van der Waals surface area contributed by atoms with E-state index in [-0.39, 0.29) is 12.1 Å². The van der Waals surface area contributed by atoms with Gasteiger partial charge in [0.25, 0.3) is 5.91 Å². The van der Waals surface area contributed by atoms with Gasteiger partial charge in [-0.2, -0.15) is 5.10 Å². The third-order valence-corrected chi connectivity index (χ3v) is 5.51. The summed E-state index contributed by atoms with van der Waals surface area (Å²) < 4.78 is 1.92. The molecule has 7 heteroatoms. The summed E-state index contributed by atoms with van der Waals surface area (Å²) in [5, 5.41) is 23.3. The molecule has 3 N–H and O–H groups in total. The maximum absolute atomic E-state index is 11.1. The number of amides is 1. The van der Waals surface area contributed by atoms with Crippen LogP contribution in [0.15, 0.2) is 30.3 Å². The lowest BCUT2D eigenvalue weighted by Gasteiger charge is -2.24. The van der Waals surface area contributed by atoms with Crippen LogP contribution in [0.3, 0.4) is 0 Å². The van der Waals surface area contributed by atoms with E-state index in [0.29, 0.717) is 6.54 Å². The molecule has 0 radical (unpaired) electrons. The van der Waals surface area contributed by atoms with Crippen molar-refractivity contribution in [1.29, 1.82) is 0 Å². The Morgan fingerprint density at radius 1 is 1.32 bits per heavy atom. The van der Waals surface area contributed by atoms with E-state index in [2.05, 4.69) is 16.9 Å². The maximum atomic E-state index is 11.1. The Morgan fingerprint density at radius 2 is 2.04 bits per heavy atom. The average molecular weight is 384 g/mol. The standard InChI is InChI=1S/C21H28N4O3/c1-14-20(15(2)24(3)22-14)11-18-10-19(26)13-25(18)12-17-6-4-16(5-7-17)8-9-21(27)23-28/h4-9,18-19,26,28H,10-13H2,1-3H3,(H,23,27). The van der Waals surface area contributed by atoms with Gasteiger partial charge >= 0.3 is 0 Å². The van der Waals surface area contributed by atoms with Gasteiger partial charge in [-0.1, -0.05) is 24.3 Å². The third-order valence-electron chi connectivity index (χ3n) is 5.51. The van der Waals surface area contributed by atoms with E-state index in [4.69, 9.17) is 5.21 Å². The lowest BCUT2D eigenvalue weighted by molar-refractivity contribution is -0.124. The summed E-state index contributed by atoms with van der Waals surface area (Å²) in [6, 6.07) is 8.21. The minimum Gasteiger partial charge on any atom is -0.392 e. The van der Waals surface area contributed by atoms with Gasteiger partial charge in [0.05, 0.1) is 11.8 Å². The van der Waals surface area contributed by atoms with Crippen LogP contribution in [-0.2, 0) is 24.8 Å². The Morgan fingerprint density at radius 3 is 2.64 bits per heavy atom. The molecule has 2 atom stereocenters. The SMILES string of the molecule is Cc1nn(C)c(C)c1CC1CC(O)CN1Cc1ccc(C=CC(=O)NO)cc1. The fourth-order valence-corrected chi connectivity index (χ4v) is 3.89. The quantitative estimate of drug-likeness (QED) is 0.401. The Bertz CT molecular complexity index is 857. The van der Waals surface area contributed by atoms with Crippen LogP contribution in [0.5, 0.6) is 0 Å². The normalized spacial score (nSPS) is 20.2. The molecular formula is C21H28N4O3. The Hall–Kier alpha value is -2.48. The highest BCUT2D eigenvalue weighted by atomic mass is 16.5. The van der Waals surface area contributed by atoms with Crippen LogP contribution in [0.4, 0.5) is 0 Å². The highest BCUT2D eigenvalue weighted by molar-refractivity contribution is 5.90. The topological polar surface area (TPSA) is 90.6 Å². The second kappa shape index (κ2) is 8.68. The summed E-state index contributed by atoms with van der Waals surface area (Å²) in [7, 11) is 1.97. The first-order valence-corrected chi connectivity index (χ1v) is 9.49. The zero-order valence-corrected chi connectivity index (χ0v) is 16.6. The summed E-state index contributed by atoms with van der Waals surface area (Å²) in [6.45, 7) is 5.57. The van der Waals surface area contributed by atoms with Crippen LogP contribution in [-0.4, -0.2) is 49.6 Å². The van der Waals surface area contributed by atoms with Gasteiger partial charge in [-0.05, 0) is 49.5 Å². The van der Waals surface area contributed by atoms with Crippen molar-refractivity contribution in [2.24, 2.45) is 7.05 Å². The number of carbonyl (C=O) groups is 1. The lowest BCUT2D eigenvalue weighted by Crippen LogP contribution is -2.31. The summed E-state index contributed by atoms with van der Waals surface area (Å²) in [5.74, 6) is -0.557. The molecular weight excluding hydrogens is 356 g/mol. The monoisotopic (exact) mass is 384 g/mol. The van der Waals surface area contributed by atoms with Crippen LogP contribution in [0.1, 0.15) is 34.5 Å². The first-order chi connectivity index (χ1) is 13.4. The smallest absolute Gasteiger partial charge is 0.267 e. The zero-order valence-electron chi connectivity index (χ0n) is 16.6. The predicted molar refractivity (Wildman–Crippen MR) is 107 cm³/mol. The molecule has 1 aromatic carbocycles. The van der Waals surface area contributed by atoms with E-state index >= 15 is 0 Å². The van der Waals surface area contributed by atoms with Gasteiger partial charge in [-0.25, -0.2) is 5.48 Å². The van der Waals surface area contributed by atoms with Crippen molar-refractivity contribution in [1.82, 2.24) is 20.2 Å². The minimum atomic E-state index is -0.557. The van der Waals surface area contributed by atoms with Crippen molar-refractivity contribution in [2.45, 2.75) is 45.4 Å². The van der Waals surface area contributed by atoms with Gasteiger partial charge < -0.3 is 5.11 Å². The van der Waals surface area contributed by atoms with Gasteiger partial charge in [0.1, 0.15) is 0 Å². The summed E-state index contributed by atoms with van der Waals surface area (Å²) >= 11 is 0. The predicted octanol–water partition coefficient (Wildman–Crippen LogP) is 1.73. The van der Waals surface area contributed by atoms with Crippen molar-refractivity contribution in [3.63, 3.8) is 0 Å². The molecule has 28 heavy (non-hydrogen) atoms. The Balaban J connectivity index is 1.68. The first kappa shape index (κ1) is 20.3. The minimum absolute atomic E-state index is 0.282. The summed E-state index contributed by atoms with van der Waals surface area (Å²) in [5.41, 5.74) is 7.12. The first-order valence-electron chi connectivity index (χ1n) is 9.49. The van der Waals surface area contributed by atoms with Gasteiger partial charge in [-0.3, -0.25) is 19.6 Å². The molecule has 1 saturated heterocycles. The van der Waals surface area contributed by atoms with Crippen LogP contribution in [0.2, 0.25) is 0 Å². The number of nitrogens with zero attached hydrogens (tertiary/aromatic N) is 3. The maximum Gasteiger partial charge on any atom is 0.267 e. The number of aryl methyl sites for hydroxylation is 2. The Labute approximate surface area is 165 Å². The molecule has 1 aliphatic heterocycles. The number of hydrogen-bond acceptors (Lipinski definition) is 5. The number of nitrogens with one attached hydrogen (secondary N) is 1. The molecule has 0 bridgehead atoms. The van der Waals surface area contributed by atoms with Crippen LogP contribution >= 0.6 is 0 Å². The molecule has 150 valence electrons. The van der Waals surface area contributed by atoms with Crippen molar-refractivity contribution in [3.05, 3.63) is 58.4 Å². The number of hydroxylamine groups is 1. The Kier molecular flexibility index (Phi) is 6.28. The summed E-state index contributed by atoms with van der Waals surface area (Å²) in [4.78, 5) is 13.4. The van der Waals surface area contributed by atoms with E-state index < -0.39 is 5.91 Å². The molecule has 1 aliphatic rings. The van der Waals surface area contributed by atoms with Crippen molar-refractivity contribution in [2.75, 3.05) is 6.54 Å². The average Bonchev–Trinajstić information content (AvgIpc) is 3.14. The molecule has 3 rings (SSSR count). The number of aromatic nitrogens is 2. The van der Waals surface area contributed by atoms with E-state index in [9.17, 15) is 9.90 Å². The highest BCUT2D eigenvalue weighted by Gasteiger charge is 2.32. The van der Waals surface area contributed by atoms with Crippen molar-refractivity contribution >= 4 is 12.0 Å². The molecule has 2 unspecified atom stereocenters. The largest absolute Gasteiger partial charge is 0.392 e. The molecule has 0 saturated carbocycles. The molecule has 0 aliphatic carbocycles.